The van der Waals surface area contributed by atoms with Crippen LogP contribution < -0.4 is 4.90 Å². The van der Waals surface area contributed by atoms with Crippen molar-refractivity contribution in [1.29, 1.82) is 0 Å². The Morgan fingerprint density at radius 2 is 1.76 bits per heavy atom. The van der Waals surface area contributed by atoms with Crippen LogP contribution in [-0.4, -0.2) is 29.0 Å². The van der Waals surface area contributed by atoms with Gasteiger partial charge in [-0.1, -0.05) is 23.8 Å². The number of amides is 2. The van der Waals surface area contributed by atoms with E-state index in [0.29, 0.717) is 34.7 Å². The molecule has 1 atom stereocenters. The Bertz CT molecular complexity index is 1280. The first-order chi connectivity index (χ1) is 15.8. The molecule has 1 spiro atoms. The Kier molecular flexibility index (Phi) is 5.20. The first-order valence-electron chi connectivity index (χ1n) is 10.4. The summed E-state index contributed by atoms with van der Waals surface area (Å²) in [5.41, 5.74) is 2.97. The van der Waals surface area contributed by atoms with Gasteiger partial charge in [-0.3, -0.25) is 9.59 Å². The molecule has 1 fully saturated rings. The second-order valence-electron chi connectivity index (χ2n) is 8.12. The van der Waals surface area contributed by atoms with Crippen molar-refractivity contribution in [3.05, 3.63) is 100 Å². The summed E-state index contributed by atoms with van der Waals surface area (Å²) in [6.45, 7) is 2.29. The summed E-state index contributed by atoms with van der Waals surface area (Å²) >= 11 is 1.37. The molecule has 3 aromatic carbocycles. The van der Waals surface area contributed by atoms with Crippen molar-refractivity contribution in [2.45, 2.75) is 18.3 Å². The molecule has 4 nitrogen and oxygen atoms in total. The molecule has 0 aromatic heterocycles. The number of nitrogens with zero attached hydrogens (tertiary/aromatic N) is 2. The minimum atomic E-state index is -1.27. The van der Waals surface area contributed by atoms with Gasteiger partial charge in [0, 0.05) is 23.4 Å². The Morgan fingerprint density at radius 1 is 1.00 bits per heavy atom. The zero-order valence-corrected chi connectivity index (χ0v) is 18.5. The second-order valence-corrected chi connectivity index (χ2v) is 9.40. The number of thioether (sulfide) groups is 1. The maximum Gasteiger partial charge on any atom is 0.268 e. The maximum absolute atomic E-state index is 13.9. The predicted octanol–water partition coefficient (Wildman–Crippen LogP) is 5.00. The number of rotatable bonds is 3. The molecule has 0 bridgehead atoms. The molecular formula is C25H19F3N2O2S. The largest absolute Gasteiger partial charge is 0.311 e. The van der Waals surface area contributed by atoms with E-state index in [1.165, 1.54) is 51.9 Å². The predicted molar refractivity (Wildman–Crippen MR) is 120 cm³/mol. The van der Waals surface area contributed by atoms with E-state index in [1.54, 1.807) is 0 Å². The molecule has 8 heteroatoms. The van der Waals surface area contributed by atoms with Gasteiger partial charge < -0.3 is 9.80 Å². The van der Waals surface area contributed by atoms with Crippen molar-refractivity contribution in [1.82, 2.24) is 4.90 Å². The lowest BCUT2D eigenvalue weighted by atomic mass is 10.0. The zero-order chi connectivity index (χ0) is 23.3. The fraction of sp³-hybridized carbons (Fsp3) is 0.200. The normalized spacial score (nSPS) is 19.5. The van der Waals surface area contributed by atoms with Crippen molar-refractivity contribution in [2.24, 2.45) is 0 Å². The number of benzene rings is 3. The van der Waals surface area contributed by atoms with E-state index in [1.807, 2.05) is 25.1 Å². The van der Waals surface area contributed by atoms with Gasteiger partial charge in [-0.2, -0.15) is 0 Å². The molecular weight excluding hydrogens is 449 g/mol. The molecule has 0 saturated carbocycles. The molecule has 0 aliphatic carbocycles. The van der Waals surface area contributed by atoms with Crippen molar-refractivity contribution >= 4 is 29.3 Å². The number of aryl methyl sites for hydroxylation is 1. The Labute approximate surface area is 193 Å². The van der Waals surface area contributed by atoms with Gasteiger partial charge in [-0.15, -0.1) is 11.8 Å². The number of hydrogen-bond acceptors (Lipinski definition) is 3. The van der Waals surface area contributed by atoms with Crippen LogP contribution in [0.15, 0.2) is 60.7 Å². The summed E-state index contributed by atoms with van der Waals surface area (Å²) in [6, 6.07) is 14.4. The van der Waals surface area contributed by atoms with Gasteiger partial charge in [0.15, 0.2) is 16.5 Å². The van der Waals surface area contributed by atoms with Gasteiger partial charge in [0.2, 0.25) is 0 Å². The minimum absolute atomic E-state index is 0.0347. The summed E-state index contributed by atoms with van der Waals surface area (Å²) < 4.78 is 40.6. The molecule has 168 valence electrons. The van der Waals surface area contributed by atoms with Crippen LogP contribution >= 0.6 is 11.8 Å². The average Bonchev–Trinajstić information content (AvgIpc) is 3.33. The van der Waals surface area contributed by atoms with Crippen LogP contribution in [-0.2, 0) is 16.2 Å². The highest BCUT2D eigenvalue weighted by atomic mass is 32.2. The SMILES string of the molecule is Cc1ccc2c(c1)[C@@]1(SCCN1C(=O)c1ccc(F)cc1)C(=O)N2Cc1ccc(F)c(F)c1. The standard InChI is InChI=1S/C25H19F3N2O2S/c1-15-2-9-22-19(12-15)25(24(32)29(22)14-16-3-8-20(27)21(28)13-16)30(10-11-33-25)23(31)17-4-6-18(26)7-5-17/h2-9,12-13H,10-11,14H2,1H3/t25-/m1/s1. The van der Waals surface area contributed by atoms with E-state index in [2.05, 4.69) is 0 Å². The summed E-state index contributed by atoms with van der Waals surface area (Å²) in [7, 11) is 0. The highest BCUT2D eigenvalue weighted by molar-refractivity contribution is 8.01. The van der Waals surface area contributed by atoms with Crippen LogP contribution in [0.25, 0.3) is 0 Å². The van der Waals surface area contributed by atoms with E-state index in [0.717, 1.165) is 17.7 Å². The molecule has 2 aliphatic rings. The Morgan fingerprint density at radius 3 is 2.48 bits per heavy atom. The number of anilines is 1. The van der Waals surface area contributed by atoms with Crippen molar-refractivity contribution in [2.75, 3.05) is 17.2 Å². The van der Waals surface area contributed by atoms with Gasteiger partial charge in [0.25, 0.3) is 11.8 Å². The summed E-state index contributed by atoms with van der Waals surface area (Å²) in [5.74, 6) is -2.53. The fourth-order valence-corrected chi connectivity index (χ4v) is 5.91. The molecule has 0 unspecified atom stereocenters. The van der Waals surface area contributed by atoms with E-state index >= 15 is 0 Å². The molecule has 33 heavy (non-hydrogen) atoms. The van der Waals surface area contributed by atoms with Gasteiger partial charge in [0.1, 0.15) is 5.82 Å². The first-order valence-corrected chi connectivity index (χ1v) is 11.4. The monoisotopic (exact) mass is 468 g/mol. The van der Waals surface area contributed by atoms with Gasteiger partial charge >= 0.3 is 0 Å². The fourth-order valence-electron chi connectivity index (χ4n) is 4.45. The number of halogens is 3. The molecule has 0 N–H and O–H groups in total. The summed E-state index contributed by atoms with van der Waals surface area (Å²) in [5, 5.41) is 0. The average molecular weight is 469 g/mol. The van der Waals surface area contributed by atoms with Crippen LogP contribution in [0.4, 0.5) is 18.9 Å². The van der Waals surface area contributed by atoms with E-state index in [4.69, 9.17) is 0 Å². The summed E-state index contributed by atoms with van der Waals surface area (Å²) in [6.07, 6.45) is 0. The zero-order valence-electron chi connectivity index (χ0n) is 17.6. The quantitative estimate of drug-likeness (QED) is 0.543. The molecule has 2 amide bonds. The number of hydrogen-bond donors (Lipinski definition) is 0. The van der Waals surface area contributed by atoms with Crippen molar-refractivity contribution in [3.8, 4) is 0 Å². The highest BCUT2D eigenvalue weighted by Crippen LogP contribution is 2.55. The molecule has 2 heterocycles. The second kappa shape index (κ2) is 7.95. The van der Waals surface area contributed by atoms with Crippen LogP contribution in [0.2, 0.25) is 0 Å². The van der Waals surface area contributed by atoms with Gasteiger partial charge in [-0.25, -0.2) is 13.2 Å². The lowest BCUT2D eigenvalue weighted by molar-refractivity contribution is -0.123. The molecule has 5 rings (SSSR count). The smallest absolute Gasteiger partial charge is 0.268 e. The molecule has 3 aromatic rings. The van der Waals surface area contributed by atoms with E-state index in [-0.39, 0.29) is 18.4 Å². The topological polar surface area (TPSA) is 40.6 Å². The third-order valence-electron chi connectivity index (χ3n) is 6.01. The molecule has 0 radical (unpaired) electrons. The van der Waals surface area contributed by atoms with Gasteiger partial charge in [0.05, 0.1) is 12.2 Å². The number of fused-ring (bicyclic) bond motifs is 2. The lowest BCUT2D eigenvalue weighted by Crippen LogP contribution is -2.50. The third-order valence-corrected chi connectivity index (χ3v) is 7.43. The Balaban J connectivity index is 1.59. The van der Waals surface area contributed by atoms with Crippen molar-refractivity contribution < 1.29 is 22.8 Å². The van der Waals surface area contributed by atoms with Gasteiger partial charge in [-0.05, 0) is 55.0 Å². The Hall–Kier alpha value is -3.26. The van der Waals surface area contributed by atoms with Crippen LogP contribution in [0.1, 0.15) is 27.0 Å². The number of carbonyl (C=O) groups excluding carboxylic acids is 2. The van der Waals surface area contributed by atoms with Crippen LogP contribution in [0.5, 0.6) is 0 Å². The first kappa shape index (κ1) is 21.6. The molecule has 2 aliphatic heterocycles. The van der Waals surface area contributed by atoms with E-state index < -0.39 is 22.3 Å². The maximum atomic E-state index is 13.9. The van der Waals surface area contributed by atoms with Crippen LogP contribution in [0.3, 0.4) is 0 Å². The molecule has 1 saturated heterocycles. The summed E-state index contributed by atoms with van der Waals surface area (Å²) in [4.78, 5) is 29.2. The minimum Gasteiger partial charge on any atom is -0.311 e. The highest BCUT2D eigenvalue weighted by Gasteiger charge is 2.59. The van der Waals surface area contributed by atoms with Crippen LogP contribution in [0, 0.1) is 24.4 Å². The third kappa shape index (κ3) is 3.40. The van der Waals surface area contributed by atoms with E-state index in [9.17, 15) is 22.8 Å². The lowest BCUT2D eigenvalue weighted by Gasteiger charge is -2.33. The van der Waals surface area contributed by atoms with Crippen molar-refractivity contribution in [3.63, 3.8) is 0 Å². The number of carbonyl (C=O) groups is 2.